The highest BCUT2D eigenvalue weighted by Gasteiger charge is 2.18. The van der Waals surface area contributed by atoms with Gasteiger partial charge in [0.2, 0.25) is 0 Å². The summed E-state index contributed by atoms with van der Waals surface area (Å²) in [5.74, 6) is 0. The Morgan fingerprint density at radius 3 is 2.15 bits per heavy atom. The maximum absolute atomic E-state index is 6.69. The van der Waals surface area contributed by atoms with E-state index in [1.807, 2.05) is 25.3 Å². The van der Waals surface area contributed by atoms with Crippen molar-refractivity contribution < 1.29 is 4.42 Å². The van der Waals surface area contributed by atoms with Gasteiger partial charge in [-0.05, 0) is 54.8 Å². The maximum Gasteiger partial charge on any atom is 0.144 e. The number of hydrogen-bond acceptors (Lipinski definition) is 2. The summed E-state index contributed by atoms with van der Waals surface area (Å²) in [5.41, 5.74) is 10.9. The van der Waals surface area contributed by atoms with Crippen LogP contribution < -0.4 is 0 Å². The van der Waals surface area contributed by atoms with Crippen LogP contribution in [-0.4, -0.2) is 17.3 Å². The summed E-state index contributed by atoms with van der Waals surface area (Å²) in [7, 11) is 0. The van der Waals surface area contributed by atoms with Gasteiger partial charge in [0.15, 0.2) is 0 Å². The zero-order valence-corrected chi connectivity index (χ0v) is 26.3. The van der Waals surface area contributed by atoms with Gasteiger partial charge in [0, 0.05) is 56.7 Å². The molecule has 0 aliphatic rings. The van der Waals surface area contributed by atoms with Crippen LogP contribution in [0.2, 0.25) is 0 Å². The Kier molecular flexibility index (Phi) is 7.56. The Bertz CT molecular complexity index is 2470. The highest BCUT2D eigenvalue weighted by Crippen LogP contribution is 2.41. The van der Waals surface area contributed by atoms with E-state index in [4.69, 9.17) is 9.41 Å². The first-order valence-corrected chi connectivity index (χ1v) is 16.2. The van der Waals surface area contributed by atoms with Crippen LogP contribution in [0.5, 0.6) is 0 Å². The lowest BCUT2D eigenvalue weighted by Gasteiger charge is -2.12. The molecule has 0 saturated heterocycles. The molecule has 0 N–H and O–H groups in total. The lowest BCUT2D eigenvalue weighted by Crippen LogP contribution is -1.95. The molecule has 8 rings (SSSR count). The third-order valence-corrected chi connectivity index (χ3v) is 8.84. The van der Waals surface area contributed by atoms with E-state index in [1.54, 1.807) is 0 Å². The second-order valence-corrected chi connectivity index (χ2v) is 11.8. The van der Waals surface area contributed by atoms with Crippen molar-refractivity contribution in [1.29, 1.82) is 0 Å². The Labute approximate surface area is 274 Å². The molecule has 0 saturated carbocycles. The first-order valence-electron chi connectivity index (χ1n) is 16.2. The number of nitrogens with zero attached hydrogens (tertiary/aromatic N) is 2. The summed E-state index contributed by atoms with van der Waals surface area (Å²) >= 11 is 0. The topological polar surface area (TPSA) is 30.4 Å². The number of allylic oxidation sites excluding steroid dienone is 3. The van der Waals surface area contributed by atoms with E-state index in [1.165, 1.54) is 27.4 Å². The number of aliphatic imine (C=N–C) groups is 1. The normalized spacial score (nSPS) is 12.3. The molecule has 226 valence electrons. The van der Waals surface area contributed by atoms with Crippen LogP contribution >= 0.6 is 0 Å². The first-order chi connectivity index (χ1) is 23.3. The Balaban J connectivity index is 1.24. The average molecular weight is 607 g/mol. The molecule has 0 atom stereocenters. The van der Waals surface area contributed by atoms with Crippen LogP contribution in [0.1, 0.15) is 18.9 Å². The maximum atomic E-state index is 6.69. The minimum atomic E-state index is 0.735. The van der Waals surface area contributed by atoms with E-state index in [-0.39, 0.29) is 0 Å². The number of rotatable bonds is 8. The van der Waals surface area contributed by atoms with Crippen molar-refractivity contribution in [3.8, 4) is 27.9 Å². The summed E-state index contributed by atoms with van der Waals surface area (Å²) < 4.78 is 9.09. The van der Waals surface area contributed by atoms with Gasteiger partial charge in [-0.1, -0.05) is 127 Å². The van der Waals surface area contributed by atoms with Crippen molar-refractivity contribution >= 4 is 50.0 Å². The van der Waals surface area contributed by atoms with Gasteiger partial charge in [0.1, 0.15) is 11.2 Å². The third kappa shape index (κ3) is 5.16. The molecule has 2 heterocycles. The lowest BCUT2D eigenvalue weighted by atomic mass is 9.96. The number of para-hydroxylation sites is 5. The van der Waals surface area contributed by atoms with Crippen LogP contribution in [0, 0.1) is 0 Å². The predicted octanol–water partition coefficient (Wildman–Crippen LogP) is 12.0. The minimum Gasteiger partial charge on any atom is -0.455 e. The quantitative estimate of drug-likeness (QED) is 0.0961. The predicted molar refractivity (Wildman–Crippen MR) is 200 cm³/mol. The van der Waals surface area contributed by atoms with Crippen molar-refractivity contribution in [3.63, 3.8) is 0 Å². The minimum absolute atomic E-state index is 0.735. The van der Waals surface area contributed by atoms with Crippen LogP contribution in [0.25, 0.3) is 71.7 Å². The Morgan fingerprint density at radius 1 is 0.617 bits per heavy atom. The molecule has 0 fully saturated rings. The fraction of sp³-hybridized carbons (Fsp3) is 0.0682. The third-order valence-electron chi connectivity index (χ3n) is 8.84. The van der Waals surface area contributed by atoms with Gasteiger partial charge in [-0.25, -0.2) is 0 Å². The second kappa shape index (κ2) is 12.5. The van der Waals surface area contributed by atoms with E-state index < -0.39 is 0 Å². The van der Waals surface area contributed by atoms with E-state index in [0.29, 0.717) is 0 Å². The summed E-state index contributed by atoms with van der Waals surface area (Å²) in [6, 6.07) is 47.6. The van der Waals surface area contributed by atoms with Gasteiger partial charge < -0.3 is 8.98 Å². The summed E-state index contributed by atoms with van der Waals surface area (Å²) in [4.78, 5) is 4.69. The van der Waals surface area contributed by atoms with Crippen LogP contribution in [-0.2, 0) is 0 Å². The second-order valence-electron chi connectivity index (χ2n) is 11.8. The average Bonchev–Trinajstić information content (AvgIpc) is 3.68. The van der Waals surface area contributed by atoms with Gasteiger partial charge in [-0.2, -0.15) is 0 Å². The Morgan fingerprint density at radius 2 is 1.30 bits per heavy atom. The van der Waals surface area contributed by atoms with Crippen molar-refractivity contribution in [2.45, 2.75) is 13.3 Å². The van der Waals surface area contributed by atoms with Gasteiger partial charge in [0.05, 0.1) is 11.0 Å². The monoisotopic (exact) mass is 606 g/mol. The highest BCUT2D eigenvalue weighted by molar-refractivity contribution is 6.15. The molecule has 0 unspecified atom stereocenters. The summed E-state index contributed by atoms with van der Waals surface area (Å²) in [5, 5.41) is 4.71. The van der Waals surface area contributed by atoms with E-state index in [0.717, 1.165) is 62.8 Å². The lowest BCUT2D eigenvalue weighted by molar-refractivity contribution is 0.669. The van der Waals surface area contributed by atoms with Crippen molar-refractivity contribution in [1.82, 2.24) is 4.57 Å². The molecule has 3 nitrogen and oxygen atoms in total. The van der Waals surface area contributed by atoms with Gasteiger partial charge in [0.25, 0.3) is 0 Å². The molecule has 2 aromatic heterocycles. The molecular formula is C44H34N2O. The number of hydrogen-bond donors (Lipinski definition) is 0. The molecule has 0 aliphatic heterocycles. The Hall–Kier alpha value is -5.93. The van der Waals surface area contributed by atoms with Crippen LogP contribution in [0.15, 0.2) is 167 Å². The fourth-order valence-corrected chi connectivity index (χ4v) is 6.72. The smallest absolute Gasteiger partial charge is 0.144 e. The van der Waals surface area contributed by atoms with E-state index >= 15 is 0 Å². The fourth-order valence-electron chi connectivity index (χ4n) is 6.72. The summed E-state index contributed by atoms with van der Waals surface area (Å²) in [6.45, 7) is 2.75. The zero-order chi connectivity index (χ0) is 31.6. The molecule has 0 aliphatic carbocycles. The molecule has 6 aromatic carbocycles. The summed E-state index contributed by atoms with van der Waals surface area (Å²) in [6.07, 6.45) is 11.1. The molecule has 0 amide bonds. The van der Waals surface area contributed by atoms with E-state index in [2.05, 4.69) is 150 Å². The largest absolute Gasteiger partial charge is 0.455 e. The molecule has 0 bridgehead atoms. The molecule has 0 radical (unpaired) electrons. The van der Waals surface area contributed by atoms with Crippen LogP contribution in [0.4, 0.5) is 0 Å². The van der Waals surface area contributed by atoms with Crippen molar-refractivity contribution in [2.75, 3.05) is 6.54 Å². The van der Waals surface area contributed by atoms with Crippen LogP contribution in [0.3, 0.4) is 0 Å². The van der Waals surface area contributed by atoms with Gasteiger partial charge in [-0.15, -0.1) is 0 Å². The number of benzene rings is 6. The molecule has 47 heavy (non-hydrogen) atoms. The number of fused-ring (bicyclic) bond motifs is 6. The zero-order valence-electron chi connectivity index (χ0n) is 26.3. The standard InChI is InChI=1S/C44H34N2O/c1-2-3-4-5-11-28-45-30-33-18-13-25-39-40-26-15-23-36(44(40)47-43(33)39)32-17-12-16-31(29-32)35-22-14-24-38-37-21-9-10-27-41(37)46(42(35)38)34-19-7-6-8-20-34/h2-10,12-27,29-30H,11,28H2,1H3. The molecule has 8 aromatic rings. The molecule has 0 spiro atoms. The van der Waals surface area contributed by atoms with E-state index in [9.17, 15) is 0 Å². The number of furan rings is 1. The van der Waals surface area contributed by atoms with Gasteiger partial charge in [-0.3, -0.25) is 4.99 Å². The first kappa shape index (κ1) is 28.5. The molecular weight excluding hydrogens is 572 g/mol. The van der Waals surface area contributed by atoms with Crippen molar-refractivity contribution in [3.05, 3.63) is 163 Å². The van der Waals surface area contributed by atoms with Gasteiger partial charge >= 0.3 is 0 Å². The molecule has 3 heteroatoms. The SMILES string of the molecule is CC=CC=CCCN=Cc1cccc2c1oc1c(-c3cccc(-c4cccc5c6ccccc6n(-c6ccccc6)c45)c3)cccc12. The number of aromatic nitrogens is 1. The van der Waals surface area contributed by atoms with Crippen molar-refractivity contribution in [2.24, 2.45) is 4.99 Å². The highest BCUT2D eigenvalue weighted by atomic mass is 16.3.